The molecule has 4 rings (SSSR count). The van der Waals surface area contributed by atoms with Crippen molar-refractivity contribution in [3.8, 4) is 11.3 Å². The highest BCUT2D eigenvalue weighted by atomic mass is 16.5. The number of anilines is 1. The van der Waals surface area contributed by atoms with Gasteiger partial charge in [0.2, 0.25) is 0 Å². The molecule has 0 fully saturated rings. The van der Waals surface area contributed by atoms with E-state index in [4.69, 9.17) is 9.15 Å². The molecule has 1 aliphatic rings. The Bertz CT molecular complexity index is 1200. The van der Waals surface area contributed by atoms with Crippen molar-refractivity contribution in [2.45, 2.75) is 20.3 Å². The number of rotatable bonds is 6. The number of carbonyl (C=O) groups is 2. The van der Waals surface area contributed by atoms with Crippen LogP contribution in [0, 0.1) is 13.8 Å². The van der Waals surface area contributed by atoms with Crippen molar-refractivity contribution >= 4 is 17.6 Å². The lowest BCUT2D eigenvalue weighted by molar-refractivity contribution is -0.114. The van der Waals surface area contributed by atoms with Gasteiger partial charge in [0.15, 0.2) is 0 Å². The topological polar surface area (TPSA) is 80.0 Å². The van der Waals surface area contributed by atoms with Gasteiger partial charge < -0.3 is 19.2 Å². The number of carboxylic acids is 1. The summed E-state index contributed by atoms with van der Waals surface area (Å²) < 4.78 is 11.4. The Hall–Kier alpha value is -3.80. The second kappa shape index (κ2) is 8.14. The molecule has 0 aliphatic carbocycles. The lowest BCUT2D eigenvalue weighted by Crippen LogP contribution is -2.27. The number of carboxylic acid groups (broad SMARTS) is 1. The quantitative estimate of drug-likeness (QED) is 0.626. The third-order valence-corrected chi connectivity index (χ3v) is 5.60. The Morgan fingerprint density at radius 3 is 2.61 bits per heavy atom. The van der Waals surface area contributed by atoms with Crippen molar-refractivity contribution in [1.29, 1.82) is 0 Å². The van der Waals surface area contributed by atoms with Gasteiger partial charge in [-0.15, -0.1) is 0 Å². The van der Waals surface area contributed by atoms with Crippen LogP contribution in [0.15, 0.2) is 70.3 Å². The SMILES string of the molecule is COC1=C(Cc2ccc(-c3cccc(C(=O)O)c3)o2)C(=O)N(c2ccc(C)c(C)c2)C1. The van der Waals surface area contributed by atoms with E-state index in [1.165, 1.54) is 11.6 Å². The monoisotopic (exact) mass is 417 g/mol. The molecule has 0 spiro atoms. The van der Waals surface area contributed by atoms with E-state index in [2.05, 4.69) is 0 Å². The lowest BCUT2D eigenvalue weighted by atomic mass is 10.1. The van der Waals surface area contributed by atoms with Crippen LogP contribution >= 0.6 is 0 Å². The van der Waals surface area contributed by atoms with E-state index in [0.717, 1.165) is 11.3 Å². The summed E-state index contributed by atoms with van der Waals surface area (Å²) in [5.74, 6) is 0.677. The highest BCUT2D eigenvalue weighted by molar-refractivity contribution is 6.09. The van der Waals surface area contributed by atoms with Crippen molar-refractivity contribution < 1.29 is 23.8 Å². The first-order valence-electron chi connectivity index (χ1n) is 9.95. The fourth-order valence-corrected chi connectivity index (χ4v) is 3.66. The Morgan fingerprint density at radius 2 is 1.90 bits per heavy atom. The molecule has 1 aromatic heterocycles. The minimum atomic E-state index is -0.994. The minimum Gasteiger partial charge on any atom is -0.499 e. The molecule has 0 unspecified atom stereocenters. The Morgan fingerprint density at radius 1 is 1.10 bits per heavy atom. The number of hydrogen-bond acceptors (Lipinski definition) is 4. The molecular formula is C25H23NO5. The molecule has 31 heavy (non-hydrogen) atoms. The third-order valence-electron chi connectivity index (χ3n) is 5.60. The van der Waals surface area contributed by atoms with Crippen LogP contribution < -0.4 is 4.90 Å². The first-order chi connectivity index (χ1) is 14.9. The van der Waals surface area contributed by atoms with Gasteiger partial charge in [0.05, 0.1) is 24.8 Å². The van der Waals surface area contributed by atoms with Gasteiger partial charge in [0, 0.05) is 17.7 Å². The standard InChI is InChI=1S/C25H23NO5/c1-15-7-8-19(11-16(15)2)26-14-23(30-3)21(24(26)27)13-20-9-10-22(31-20)17-5-4-6-18(12-17)25(28)29/h4-12H,13-14H2,1-3H3,(H,28,29). The van der Waals surface area contributed by atoms with Crippen LogP contribution in [0.4, 0.5) is 5.69 Å². The van der Waals surface area contributed by atoms with E-state index in [1.807, 2.05) is 32.0 Å². The fourth-order valence-electron chi connectivity index (χ4n) is 3.66. The maximum Gasteiger partial charge on any atom is 0.335 e. The molecule has 6 nitrogen and oxygen atoms in total. The molecule has 0 bridgehead atoms. The summed E-state index contributed by atoms with van der Waals surface area (Å²) in [6.45, 7) is 4.44. The van der Waals surface area contributed by atoms with Crippen molar-refractivity contribution in [3.05, 3.63) is 88.4 Å². The predicted molar refractivity (Wildman–Crippen MR) is 117 cm³/mol. The number of nitrogens with zero attached hydrogens (tertiary/aromatic N) is 1. The molecular weight excluding hydrogens is 394 g/mol. The largest absolute Gasteiger partial charge is 0.499 e. The van der Waals surface area contributed by atoms with Crippen LogP contribution in [-0.2, 0) is 16.0 Å². The Labute approximate surface area is 180 Å². The van der Waals surface area contributed by atoms with Crippen LogP contribution in [0.25, 0.3) is 11.3 Å². The van der Waals surface area contributed by atoms with Crippen LogP contribution in [0.3, 0.4) is 0 Å². The normalized spacial score (nSPS) is 13.8. The first kappa shape index (κ1) is 20.5. The van der Waals surface area contributed by atoms with Crippen LogP contribution in [0.5, 0.6) is 0 Å². The summed E-state index contributed by atoms with van der Waals surface area (Å²) in [7, 11) is 1.57. The number of benzene rings is 2. The molecule has 6 heteroatoms. The summed E-state index contributed by atoms with van der Waals surface area (Å²) in [6.07, 6.45) is 0.294. The van der Waals surface area contributed by atoms with Gasteiger partial charge in [-0.3, -0.25) is 4.79 Å². The number of carbonyl (C=O) groups excluding carboxylic acids is 1. The number of aryl methyl sites for hydroxylation is 2. The van der Waals surface area contributed by atoms with E-state index < -0.39 is 5.97 Å². The molecule has 0 atom stereocenters. The highest BCUT2D eigenvalue weighted by Crippen LogP contribution is 2.31. The second-order valence-electron chi connectivity index (χ2n) is 7.59. The maximum absolute atomic E-state index is 13.2. The van der Waals surface area contributed by atoms with Crippen LogP contribution in [0.2, 0.25) is 0 Å². The molecule has 2 heterocycles. The summed E-state index contributed by atoms with van der Waals surface area (Å²) >= 11 is 0. The molecule has 1 amide bonds. The van der Waals surface area contributed by atoms with Gasteiger partial charge in [-0.1, -0.05) is 18.2 Å². The van der Waals surface area contributed by atoms with Gasteiger partial charge in [0.25, 0.3) is 5.91 Å². The van der Waals surface area contributed by atoms with Crippen molar-refractivity contribution in [2.75, 3.05) is 18.6 Å². The number of ether oxygens (including phenoxy) is 1. The molecule has 0 saturated carbocycles. The van der Waals surface area contributed by atoms with Gasteiger partial charge in [-0.05, 0) is 61.4 Å². The van der Waals surface area contributed by atoms with Crippen LogP contribution in [0.1, 0.15) is 27.2 Å². The highest BCUT2D eigenvalue weighted by Gasteiger charge is 2.33. The molecule has 1 N–H and O–H groups in total. The second-order valence-corrected chi connectivity index (χ2v) is 7.59. The lowest BCUT2D eigenvalue weighted by Gasteiger charge is -2.18. The van der Waals surface area contributed by atoms with Crippen molar-refractivity contribution in [1.82, 2.24) is 0 Å². The molecule has 3 aromatic rings. The van der Waals surface area contributed by atoms with Crippen molar-refractivity contribution in [3.63, 3.8) is 0 Å². The average molecular weight is 417 g/mol. The smallest absolute Gasteiger partial charge is 0.335 e. The Balaban J connectivity index is 1.57. The van der Waals surface area contributed by atoms with Gasteiger partial charge in [0.1, 0.15) is 17.3 Å². The first-order valence-corrected chi connectivity index (χ1v) is 9.95. The summed E-state index contributed by atoms with van der Waals surface area (Å²) in [5, 5.41) is 9.19. The number of methoxy groups -OCH3 is 1. The molecule has 1 aliphatic heterocycles. The van der Waals surface area contributed by atoms with Gasteiger partial charge >= 0.3 is 5.97 Å². The van der Waals surface area contributed by atoms with Crippen LogP contribution in [-0.4, -0.2) is 30.6 Å². The predicted octanol–water partition coefficient (Wildman–Crippen LogP) is 4.75. The van der Waals surface area contributed by atoms with E-state index in [1.54, 1.807) is 42.3 Å². The van der Waals surface area contributed by atoms with E-state index in [-0.39, 0.29) is 11.5 Å². The van der Waals surface area contributed by atoms with Crippen molar-refractivity contribution in [2.24, 2.45) is 0 Å². The number of furan rings is 1. The summed E-state index contributed by atoms with van der Waals surface area (Å²) in [5.41, 5.74) is 4.54. The zero-order valence-electron chi connectivity index (χ0n) is 17.6. The number of aromatic carboxylic acids is 1. The van der Waals surface area contributed by atoms with E-state index in [9.17, 15) is 14.7 Å². The maximum atomic E-state index is 13.2. The van der Waals surface area contributed by atoms with Gasteiger partial charge in [-0.25, -0.2) is 4.79 Å². The molecule has 2 aromatic carbocycles. The van der Waals surface area contributed by atoms with E-state index >= 15 is 0 Å². The molecule has 0 saturated heterocycles. The zero-order valence-corrected chi connectivity index (χ0v) is 17.6. The molecule has 0 radical (unpaired) electrons. The number of hydrogen-bond donors (Lipinski definition) is 1. The summed E-state index contributed by atoms with van der Waals surface area (Å²) in [6, 6.07) is 16.1. The summed E-state index contributed by atoms with van der Waals surface area (Å²) in [4.78, 5) is 26.1. The molecule has 158 valence electrons. The third kappa shape index (κ3) is 3.97. The minimum absolute atomic E-state index is 0.106. The number of amides is 1. The van der Waals surface area contributed by atoms with E-state index in [0.29, 0.717) is 41.4 Å². The Kier molecular flexibility index (Phi) is 5.38. The average Bonchev–Trinajstić information content (AvgIpc) is 3.35. The zero-order chi connectivity index (χ0) is 22.1. The fraction of sp³-hybridized carbons (Fsp3) is 0.200. The van der Waals surface area contributed by atoms with Gasteiger partial charge in [-0.2, -0.15) is 0 Å².